The fraction of sp³-hybridized carbons (Fsp3) is 0.455. The number of ether oxygens (including phenoxy) is 3. The van der Waals surface area contributed by atoms with Gasteiger partial charge in [-0.15, -0.1) is 0 Å². The minimum atomic E-state index is -0.678. The van der Waals surface area contributed by atoms with Crippen LogP contribution in [0.15, 0.2) is 42.5 Å². The topological polar surface area (TPSA) is 27.7 Å². The van der Waals surface area contributed by atoms with E-state index in [1.54, 1.807) is 0 Å². The van der Waals surface area contributed by atoms with Crippen LogP contribution in [0.3, 0.4) is 0 Å². The lowest BCUT2D eigenvalue weighted by Crippen LogP contribution is -2.31. The lowest BCUT2D eigenvalue weighted by atomic mass is 9.98. The monoisotopic (exact) mass is 416 g/mol. The number of hydrogen-bond donors (Lipinski definition) is 0. The van der Waals surface area contributed by atoms with Crippen LogP contribution in [0.25, 0.3) is 0 Å². The highest BCUT2D eigenvalue weighted by atomic mass is 19.1. The lowest BCUT2D eigenvalue weighted by Gasteiger charge is -2.29. The smallest absolute Gasteiger partial charge is 0.167 e. The summed E-state index contributed by atoms with van der Waals surface area (Å²) in [7, 11) is 1.33. The van der Waals surface area contributed by atoms with Crippen molar-refractivity contribution in [2.45, 2.75) is 38.4 Å². The minimum Gasteiger partial charge on any atom is -0.494 e. The molecule has 1 aliphatic heterocycles. The highest BCUT2D eigenvalue weighted by molar-refractivity contribution is 5.26. The molecule has 162 valence electrons. The van der Waals surface area contributed by atoms with Gasteiger partial charge in [0.2, 0.25) is 0 Å². The molecule has 0 amide bonds. The molecule has 1 aliphatic rings. The van der Waals surface area contributed by atoms with Gasteiger partial charge in [0.1, 0.15) is 5.82 Å². The predicted octanol–water partition coefficient (Wildman–Crippen LogP) is 5.58. The second-order valence-corrected chi connectivity index (χ2v) is 6.54. The highest BCUT2D eigenvalue weighted by Crippen LogP contribution is 2.24. The second-order valence-electron chi connectivity index (χ2n) is 6.54. The molecule has 1 fully saturated rings. The standard InChI is InChI=1S/C15H21FO2.C7H6F2O.FH/c1-2-3-12-4-6-13(7-5-12)14-10-17-15(8-9-16)18-11-14;1-10-7-3-2-5(8)4-6(7)9;/h4-7,14-15H,2-3,8-11H2,1H3;2-4H,1H3;1H. The van der Waals surface area contributed by atoms with Crippen molar-refractivity contribution in [3.63, 3.8) is 0 Å². The van der Waals surface area contributed by atoms with E-state index in [-0.39, 0.29) is 29.3 Å². The van der Waals surface area contributed by atoms with Gasteiger partial charge < -0.3 is 14.2 Å². The molecule has 0 unspecified atom stereocenters. The SMILES string of the molecule is CCCc1ccc(C2COC(CCF)OC2)cc1.COc1ccc(F)cc1F.F. The van der Waals surface area contributed by atoms with Crippen molar-refractivity contribution in [1.82, 2.24) is 0 Å². The largest absolute Gasteiger partial charge is 0.494 e. The first kappa shape index (κ1) is 24.9. The maximum absolute atomic E-state index is 12.5. The molecule has 2 aromatic carbocycles. The van der Waals surface area contributed by atoms with Gasteiger partial charge in [-0.2, -0.15) is 0 Å². The van der Waals surface area contributed by atoms with Crippen LogP contribution in [-0.2, 0) is 15.9 Å². The van der Waals surface area contributed by atoms with Crippen LogP contribution in [-0.4, -0.2) is 33.3 Å². The van der Waals surface area contributed by atoms with Gasteiger partial charge >= 0.3 is 0 Å². The zero-order valence-corrected chi connectivity index (χ0v) is 16.7. The van der Waals surface area contributed by atoms with Gasteiger partial charge in [-0.05, 0) is 29.7 Å². The maximum Gasteiger partial charge on any atom is 0.167 e. The Morgan fingerprint density at radius 1 is 1.03 bits per heavy atom. The molecular weight excluding hydrogens is 388 g/mol. The summed E-state index contributed by atoms with van der Waals surface area (Å²) in [5, 5.41) is 0. The Balaban J connectivity index is 0.000000327. The molecule has 0 aromatic heterocycles. The predicted molar refractivity (Wildman–Crippen MR) is 105 cm³/mol. The van der Waals surface area contributed by atoms with E-state index in [0.29, 0.717) is 19.6 Å². The normalized spacial score (nSPS) is 18.2. The van der Waals surface area contributed by atoms with Crippen LogP contribution >= 0.6 is 0 Å². The molecule has 0 saturated carbocycles. The van der Waals surface area contributed by atoms with Crippen molar-refractivity contribution in [2.24, 2.45) is 0 Å². The summed E-state index contributed by atoms with van der Waals surface area (Å²) in [6.45, 7) is 3.04. The summed E-state index contributed by atoms with van der Waals surface area (Å²) in [6, 6.07) is 11.8. The molecule has 0 radical (unpaired) electrons. The molecule has 29 heavy (non-hydrogen) atoms. The Labute approximate surface area is 169 Å². The quantitative estimate of drug-likeness (QED) is 0.576. The number of halogens is 4. The number of alkyl halides is 1. The third-order valence-corrected chi connectivity index (χ3v) is 4.42. The summed E-state index contributed by atoms with van der Waals surface area (Å²) < 4.78 is 52.4. The zero-order chi connectivity index (χ0) is 20.4. The Hall–Kier alpha value is -2.12. The molecule has 0 atom stereocenters. The van der Waals surface area contributed by atoms with Crippen molar-refractivity contribution in [3.05, 3.63) is 65.2 Å². The average Bonchev–Trinajstić information content (AvgIpc) is 2.70. The van der Waals surface area contributed by atoms with Gasteiger partial charge in [-0.25, -0.2) is 8.78 Å². The van der Waals surface area contributed by atoms with E-state index in [4.69, 9.17) is 9.47 Å². The van der Waals surface area contributed by atoms with E-state index in [1.165, 1.54) is 30.7 Å². The van der Waals surface area contributed by atoms with Crippen molar-refractivity contribution < 1.29 is 32.1 Å². The summed E-state index contributed by atoms with van der Waals surface area (Å²) in [6.07, 6.45) is 2.27. The third-order valence-electron chi connectivity index (χ3n) is 4.42. The molecule has 0 bridgehead atoms. The first-order valence-electron chi connectivity index (χ1n) is 9.44. The number of rotatable bonds is 6. The van der Waals surface area contributed by atoms with Crippen LogP contribution in [0.4, 0.5) is 17.9 Å². The summed E-state index contributed by atoms with van der Waals surface area (Å²) in [4.78, 5) is 0. The Bertz CT molecular complexity index is 702. The van der Waals surface area contributed by atoms with Crippen LogP contribution in [0.1, 0.15) is 36.8 Å². The van der Waals surface area contributed by atoms with E-state index < -0.39 is 11.6 Å². The molecule has 1 heterocycles. The summed E-state index contributed by atoms with van der Waals surface area (Å²) in [5.74, 6) is -0.946. The molecule has 7 heteroatoms. The van der Waals surface area contributed by atoms with Gasteiger partial charge in [0.25, 0.3) is 0 Å². The van der Waals surface area contributed by atoms with Gasteiger partial charge in [-0.3, -0.25) is 9.09 Å². The van der Waals surface area contributed by atoms with Crippen molar-refractivity contribution in [1.29, 1.82) is 0 Å². The van der Waals surface area contributed by atoms with Crippen molar-refractivity contribution >= 4 is 0 Å². The van der Waals surface area contributed by atoms with E-state index in [9.17, 15) is 13.2 Å². The molecule has 0 spiro atoms. The Kier molecular flexibility index (Phi) is 11.3. The molecule has 3 rings (SSSR count). The number of aryl methyl sites for hydroxylation is 1. The molecule has 0 aliphatic carbocycles. The lowest BCUT2D eigenvalue weighted by molar-refractivity contribution is -0.190. The average molecular weight is 416 g/mol. The second kappa shape index (κ2) is 13.2. The minimum absolute atomic E-state index is 0. The molecule has 1 saturated heterocycles. The van der Waals surface area contributed by atoms with E-state index in [1.807, 2.05) is 0 Å². The molecule has 0 N–H and O–H groups in total. The van der Waals surface area contributed by atoms with E-state index in [2.05, 4.69) is 35.9 Å². The van der Waals surface area contributed by atoms with E-state index in [0.717, 1.165) is 18.6 Å². The van der Waals surface area contributed by atoms with Crippen molar-refractivity contribution in [3.8, 4) is 5.75 Å². The summed E-state index contributed by atoms with van der Waals surface area (Å²) in [5.41, 5.74) is 2.61. The number of methoxy groups -OCH3 is 1. The third kappa shape index (κ3) is 8.03. The zero-order valence-electron chi connectivity index (χ0n) is 16.7. The fourth-order valence-corrected chi connectivity index (χ4v) is 2.88. The van der Waals surface area contributed by atoms with Crippen LogP contribution in [0.5, 0.6) is 5.75 Å². The highest BCUT2D eigenvalue weighted by Gasteiger charge is 2.23. The van der Waals surface area contributed by atoms with Crippen LogP contribution in [0, 0.1) is 11.6 Å². The van der Waals surface area contributed by atoms with E-state index >= 15 is 0 Å². The number of hydrogen-bond acceptors (Lipinski definition) is 3. The van der Waals surface area contributed by atoms with Gasteiger partial charge in [0.05, 0.1) is 27.0 Å². The van der Waals surface area contributed by atoms with Crippen molar-refractivity contribution in [2.75, 3.05) is 27.0 Å². The first-order chi connectivity index (χ1) is 13.6. The maximum atomic E-state index is 12.5. The summed E-state index contributed by atoms with van der Waals surface area (Å²) >= 11 is 0. The van der Waals surface area contributed by atoms with Crippen LogP contribution < -0.4 is 4.74 Å². The molecular formula is C22H28F4O3. The fourth-order valence-electron chi connectivity index (χ4n) is 2.88. The first-order valence-corrected chi connectivity index (χ1v) is 9.44. The van der Waals surface area contributed by atoms with Crippen LogP contribution in [0.2, 0.25) is 0 Å². The Morgan fingerprint density at radius 3 is 2.21 bits per heavy atom. The van der Waals surface area contributed by atoms with Gasteiger partial charge in [0, 0.05) is 18.4 Å². The Morgan fingerprint density at radius 2 is 1.69 bits per heavy atom. The molecule has 2 aromatic rings. The molecule has 3 nitrogen and oxygen atoms in total. The van der Waals surface area contributed by atoms with Gasteiger partial charge in [-0.1, -0.05) is 37.6 Å². The van der Waals surface area contributed by atoms with Gasteiger partial charge in [0.15, 0.2) is 17.9 Å². The number of benzene rings is 2.